The van der Waals surface area contributed by atoms with E-state index in [2.05, 4.69) is 35.2 Å². The number of aromatic nitrogens is 1. The number of nitrogens with one attached hydrogen (secondary N) is 1. The maximum Gasteiger partial charge on any atom is 0.0315 e. The van der Waals surface area contributed by atoms with E-state index in [1.54, 1.807) is 0 Å². The van der Waals surface area contributed by atoms with Gasteiger partial charge in [0.2, 0.25) is 0 Å². The van der Waals surface area contributed by atoms with E-state index < -0.39 is 0 Å². The molecule has 2 atom stereocenters. The smallest absolute Gasteiger partial charge is 0.0315 e. The van der Waals surface area contributed by atoms with Crippen LogP contribution < -0.4 is 5.32 Å². The molecule has 2 unspecified atom stereocenters. The Morgan fingerprint density at radius 1 is 1.33 bits per heavy atom. The quantitative estimate of drug-likeness (QED) is 0.884. The lowest BCUT2D eigenvalue weighted by atomic mass is 9.98. The van der Waals surface area contributed by atoms with Crippen molar-refractivity contribution in [1.82, 2.24) is 15.2 Å². The molecule has 1 aromatic heterocycles. The van der Waals surface area contributed by atoms with Gasteiger partial charge < -0.3 is 5.32 Å². The Bertz CT molecular complexity index is 406. The summed E-state index contributed by atoms with van der Waals surface area (Å²) in [5.74, 6) is 0. The van der Waals surface area contributed by atoms with Gasteiger partial charge in [0.1, 0.15) is 0 Å². The van der Waals surface area contributed by atoms with Crippen molar-refractivity contribution in [2.45, 2.75) is 57.3 Å². The zero-order valence-electron chi connectivity index (χ0n) is 11.4. The second-order valence-electron chi connectivity index (χ2n) is 5.98. The van der Waals surface area contributed by atoms with Gasteiger partial charge >= 0.3 is 0 Å². The summed E-state index contributed by atoms with van der Waals surface area (Å²) < 4.78 is 0. The van der Waals surface area contributed by atoms with Crippen LogP contribution in [0.3, 0.4) is 0 Å². The molecule has 0 aliphatic carbocycles. The van der Waals surface area contributed by atoms with E-state index in [4.69, 9.17) is 0 Å². The fourth-order valence-electron chi connectivity index (χ4n) is 3.45. The Kier molecular flexibility index (Phi) is 3.35. The fourth-order valence-corrected chi connectivity index (χ4v) is 3.45. The van der Waals surface area contributed by atoms with Crippen LogP contribution in [0.5, 0.6) is 0 Å². The molecule has 3 rings (SSSR count). The molecule has 3 heterocycles. The van der Waals surface area contributed by atoms with Crippen molar-refractivity contribution in [3.8, 4) is 0 Å². The van der Waals surface area contributed by atoms with Gasteiger partial charge in [-0.15, -0.1) is 0 Å². The van der Waals surface area contributed by atoms with Crippen LogP contribution >= 0.6 is 0 Å². The van der Waals surface area contributed by atoms with Crippen LogP contribution in [0.4, 0.5) is 0 Å². The Balaban J connectivity index is 1.65. The minimum Gasteiger partial charge on any atom is -0.311 e. The van der Waals surface area contributed by atoms with Gasteiger partial charge in [0.15, 0.2) is 0 Å². The van der Waals surface area contributed by atoms with Gasteiger partial charge in [-0.05, 0) is 56.8 Å². The minimum atomic E-state index is 0.739. The van der Waals surface area contributed by atoms with Crippen LogP contribution in [0.1, 0.15) is 36.8 Å². The SMILES string of the molecule is Cc1ccncc1CN(C)C1CC2CCC(C1)N2. The molecule has 0 aromatic carbocycles. The summed E-state index contributed by atoms with van der Waals surface area (Å²) in [5, 5.41) is 3.71. The summed E-state index contributed by atoms with van der Waals surface area (Å²) in [5.41, 5.74) is 2.72. The number of rotatable bonds is 3. The Morgan fingerprint density at radius 2 is 2.06 bits per heavy atom. The number of nitrogens with zero attached hydrogens (tertiary/aromatic N) is 2. The average molecular weight is 245 g/mol. The summed E-state index contributed by atoms with van der Waals surface area (Å²) in [7, 11) is 2.27. The normalized spacial score (nSPS) is 30.9. The second kappa shape index (κ2) is 4.98. The van der Waals surface area contributed by atoms with Crippen LogP contribution in [0.25, 0.3) is 0 Å². The number of fused-ring (bicyclic) bond motifs is 2. The predicted molar refractivity (Wildman–Crippen MR) is 73.4 cm³/mol. The lowest BCUT2D eigenvalue weighted by molar-refractivity contribution is 0.165. The highest BCUT2D eigenvalue weighted by Crippen LogP contribution is 2.29. The van der Waals surface area contributed by atoms with Gasteiger partial charge in [-0.3, -0.25) is 9.88 Å². The van der Waals surface area contributed by atoms with Crippen molar-refractivity contribution in [1.29, 1.82) is 0 Å². The number of hydrogen-bond donors (Lipinski definition) is 1. The first-order valence-electron chi connectivity index (χ1n) is 7.08. The van der Waals surface area contributed by atoms with E-state index >= 15 is 0 Å². The third kappa shape index (κ3) is 2.43. The van der Waals surface area contributed by atoms with Crippen LogP contribution in [0.2, 0.25) is 0 Å². The highest BCUT2D eigenvalue weighted by Gasteiger charge is 2.34. The van der Waals surface area contributed by atoms with E-state index in [-0.39, 0.29) is 0 Å². The molecule has 98 valence electrons. The summed E-state index contributed by atoms with van der Waals surface area (Å²) in [6.45, 7) is 3.21. The highest BCUT2D eigenvalue weighted by molar-refractivity contribution is 5.21. The van der Waals surface area contributed by atoms with Crippen LogP contribution in [0, 0.1) is 6.92 Å². The molecule has 0 radical (unpaired) electrons. The first-order valence-corrected chi connectivity index (χ1v) is 7.08. The van der Waals surface area contributed by atoms with Crippen molar-refractivity contribution < 1.29 is 0 Å². The third-order valence-corrected chi connectivity index (χ3v) is 4.64. The molecule has 2 fully saturated rings. The molecule has 3 nitrogen and oxygen atoms in total. The van der Waals surface area contributed by atoms with E-state index in [0.717, 1.165) is 24.7 Å². The van der Waals surface area contributed by atoms with Gasteiger partial charge in [0, 0.05) is 37.1 Å². The topological polar surface area (TPSA) is 28.2 Å². The lowest BCUT2D eigenvalue weighted by Crippen LogP contribution is -2.46. The maximum absolute atomic E-state index is 4.25. The number of piperidine rings is 1. The molecular weight excluding hydrogens is 222 g/mol. The Morgan fingerprint density at radius 3 is 2.72 bits per heavy atom. The number of pyridine rings is 1. The number of aryl methyl sites for hydroxylation is 1. The molecule has 0 spiro atoms. The summed E-state index contributed by atoms with van der Waals surface area (Å²) in [6.07, 6.45) is 9.27. The van der Waals surface area contributed by atoms with Crippen molar-refractivity contribution in [2.24, 2.45) is 0 Å². The maximum atomic E-state index is 4.25. The van der Waals surface area contributed by atoms with Crippen molar-refractivity contribution in [3.05, 3.63) is 29.6 Å². The second-order valence-corrected chi connectivity index (χ2v) is 5.98. The third-order valence-electron chi connectivity index (χ3n) is 4.64. The highest BCUT2D eigenvalue weighted by atomic mass is 15.2. The average Bonchev–Trinajstić information content (AvgIpc) is 2.71. The number of hydrogen-bond acceptors (Lipinski definition) is 3. The van der Waals surface area contributed by atoms with Crippen molar-refractivity contribution >= 4 is 0 Å². The van der Waals surface area contributed by atoms with Crippen molar-refractivity contribution in [3.63, 3.8) is 0 Å². The van der Waals surface area contributed by atoms with Gasteiger partial charge in [0.25, 0.3) is 0 Å². The molecule has 0 saturated carbocycles. The molecular formula is C15H23N3. The fraction of sp³-hybridized carbons (Fsp3) is 0.667. The lowest BCUT2D eigenvalue weighted by Gasteiger charge is -2.35. The van der Waals surface area contributed by atoms with Gasteiger partial charge in [0.05, 0.1) is 0 Å². The van der Waals surface area contributed by atoms with Gasteiger partial charge in [-0.2, -0.15) is 0 Å². The standard InChI is InChI=1S/C15H23N3/c1-11-5-6-16-9-12(11)10-18(2)15-7-13-3-4-14(8-15)17-13/h5-6,9,13-15,17H,3-4,7-8,10H2,1-2H3. The summed E-state index contributed by atoms with van der Waals surface area (Å²) >= 11 is 0. The van der Waals surface area contributed by atoms with Crippen LogP contribution in [-0.2, 0) is 6.54 Å². The molecule has 2 aliphatic heterocycles. The predicted octanol–water partition coefficient (Wildman–Crippen LogP) is 2.10. The van der Waals surface area contributed by atoms with E-state index in [1.165, 1.54) is 36.8 Å². The van der Waals surface area contributed by atoms with Crippen LogP contribution in [0.15, 0.2) is 18.5 Å². The van der Waals surface area contributed by atoms with E-state index in [0.29, 0.717) is 0 Å². The molecule has 1 N–H and O–H groups in total. The minimum absolute atomic E-state index is 0.739. The molecule has 1 aromatic rings. The monoisotopic (exact) mass is 245 g/mol. The first kappa shape index (κ1) is 12.1. The molecule has 2 aliphatic rings. The van der Waals surface area contributed by atoms with Crippen molar-refractivity contribution in [2.75, 3.05) is 7.05 Å². The van der Waals surface area contributed by atoms with E-state index in [1.807, 2.05) is 12.4 Å². The molecule has 18 heavy (non-hydrogen) atoms. The molecule has 2 bridgehead atoms. The molecule has 3 heteroatoms. The summed E-state index contributed by atoms with van der Waals surface area (Å²) in [4.78, 5) is 6.77. The molecule has 0 amide bonds. The Labute approximate surface area is 110 Å². The van der Waals surface area contributed by atoms with Gasteiger partial charge in [-0.1, -0.05) is 0 Å². The first-order chi connectivity index (χ1) is 8.72. The largest absolute Gasteiger partial charge is 0.311 e. The zero-order valence-corrected chi connectivity index (χ0v) is 11.4. The molecule has 2 saturated heterocycles. The van der Waals surface area contributed by atoms with Gasteiger partial charge in [-0.25, -0.2) is 0 Å². The Hall–Kier alpha value is -0.930. The zero-order chi connectivity index (χ0) is 12.5. The van der Waals surface area contributed by atoms with Crippen LogP contribution in [-0.4, -0.2) is 35.1 Å². The summed E-state index contributed by atoms with van der Waals surface area (Å²) in [6, 6.07) is 4.38. The van der Waals surface area contributed by atoms with E-state index in [9.17, 15) is 0 Å².